The molecule has 0 rings (SSSR count). The average Bonchev–Trinajstić information content (AvgIpc) is 1.69. The number of allylic oxidation sites excluding steroid dienone is 1. The normalized spacial score (nSPS) is 11.5. The molecule has 0 radical (unpaired) electrons. The molecule has 0 aromatic rings. The molecule has 0 amide bonds. The van der Waals surface area contributed by atoms with Crippen LogP contribution in [0.2, 0.25) is 0 Å². The van der Waals surface area contributed by atoms with Crippen LogP contribution in [0.25, 0.3) is 0 Å². The summed E-state index contributed by atoms with van der Waals surface area (Å²) < 4.78 is 0. The van der Waals surface area contributed by atoms with Gasteiger partial charge < -0.3 is 5.11 Å². The second-order valence-electron chi connectivity index (χ2n) is 1.25. The molecule has 2 nitrogen and oxygen atoms in total. The minimum absolute atomic E-state index is 0.0972. The van der Waals surface area contributed by atoms with Gasteiger partial charge in [-0.2, -0.15) is 0 Å². The molecule has 1 N–H and O–H groups in total. The predicted octanol–water partition coefficient (Wildman–Crippen LogP) is 1.34. The van der Waals surface area contributed by atoms with Gasteiger partial charge in [-0.15, -0.1) is 11.8 Å². The minimum atomic E-state index is -0.0972. The van der Waals surface area contributed by atoms with Gasteiger partial charge in [-0.1, -0.05) is 0 Å². The monoisotopic (exact) mass is 132 g/mol. The molecule has 0 unspecified atom stereocenters. The second-order valence-corrected chi connectivity index (χ2v) is 2.10. The summed E-state index contributed by atoms with van der Waals surface area (Å²) in [4.78, 5) is 10.8. The van der Waals surface area contributed by atoms with E-state index in [9.17, 15) is 4.79 Å². The molecule has 0 aliphatic carbocycles. The van der Waals surface area contributed by atoms with Crippen LogP contribution in [0.5, 0.6) is 0 Å². The van der Waals surface area contributed by atoms with E-state index in [1.807, 2.05) is 0 Å². The number of thioether (sulfide) groups is 1. The van der Waals surface area contributed by atoms with Crippen molar-refractivity contribution in [1.82, 2.24) is 0 Å². The number of carbonyl (C=O) groups is 1. The molecule has 0 fully saturated rings. The van der Waals surface area contributed by atoms with Crippen LogP contribution >= 0.6 is 11.8 Å². The van der Waals surface area contributed by atoms with E-state index in [0.29, 0.717) is 4.91 Å². The van der Waals surface area contributed by atoms with Crippen LogP contribution in [0.15, 0.2) is 11.2 Å². The van der Waals surface area contributed by atoms with Crippen LogP contribution in [-0.2, 0) is 4.79 Å². The van der Waals surface area contributed by atoms with Crippen LogP contribution in [-0.4, -0.2) is 17.1 Å². The van der Waals surface area contributed by atoms with E-state index >= 15 is 0 Å². The number of carbonyl (C=O) groups excluding carboxylic acids is 1. The van der Waals surface area contributed by atoms with Crippen molar-refractivity contribution < 1.29 is 9.90 Å². The van der Waals surface area contributed by atoms with Crippen molar-refractivity contribution in [2.45, 2.75) is 6.92 Å². The van der Waals surface area contributed by atoms with Gasteiger partial charge in [0, 0.05) is 0 Å². The SMILES string of the molecule is CS/C(=C\O)C(C)=O. The van der Waals surface area contributed by atoms with E-state index in [1.165, 1.54) is 18.7 Å². The maximum Gasteiger partial charge on any atom is 0.169 e. The summed E-state index contributed by atoms with van der Waals surface area (Å²) in [5.74, 6) is -0.0972. The van der Waals surface area contributed by atoms with E-state index < -0.39 is 0 Å². The van der Waals surface area contributed by atoms with Gasteiger partial charge in [0.25, 0.3) is 0 Å². The standard InChI is InChI=1S/C5H8O2S/c1-4(7)5(3-6)8-2/h3,6H,1-2H3/b5-3-. The van der Waals surface area contributed by atoms with Gasteiger partial charge in [-0.05, 0) is 13.2 Å². The third-order valence-electron chi connectivity index (χ3n) is 0.684. The van der Waals surface area contributed by atoms with Crippen molar-refractivity contribution in [2.75, 3.05) is 6.26 Å². The highest BCUT2D eigenvalue weighted by molar-refractivity contribution is 8.03. The Morgan fingerprint density at radius 2 is 2.25 bits per heavy atom. The molecule has 0 saturated heterocycles. The highest BCUT2D eigenvalue weighted by Gasteiger charge is 1.98. The van der Waals surface area contributed by atoms with Gasteiger partial charge in [0.2, 0.25) is 0 Å². The van der Waals surface area contributed by atoms with Crippen LogP contribution in [0.1, 0.15) is 6.92 Å². The third kappa shape index (κ3) is 2.02. The third-order valence-corrected chi connectivity index (χ3v) is 1.52. The van der Waals surface area contributed by atoms with Gasteiger partial charge in [0.15, 0.2) is 5.78 Å². The molecule has 46 valence electrons. The van der Waals surface area contributed by atoms with Gasteiger partial charge in [0.1, 0.15) is 0 Å². The smallest absolute Gasteiger partial charge is 0.169 e. The Bertz CT molecular complexity index is 118. The molecule has 0 saturated carbocycles. The zero-order valence-electron chi connectivity index (χ0n) is 4.84. The van der Waals surface area contributed by atoms with Crippen LogP contribution in [0, 0.1) is 0 Å². The molecule has 8 heavy (non-hydrogen) atoms. The van der Waals surface area contributed by atoms with Gasteiger partial charge in [-0.3, -0.25) is 4.79 Å². The highest BCUT2D eigenvalue weighted by Crippen LogP contribution is 2.09. The first-order chi connectivity index (χ1) is 3.72. The fourth-order valence-corrected chi connectivity index (χ4v) is 0.680. The largest absolute Gasteiger partial charge is 0.514 e. The lowest BCUT2D eigenvalue weighted by atomic mass is 10.4. The summed E-state index contributed by atoms with van der Waals surface area (Å²) in [5, 5.41) is 8.29. The molecule has 0 aliphatic heterocycles. The molecule has 3 heteroatoms. The van der Waals surface area contributed by atoms with E-state index in [0.717, 1.165) is 6.26 Å². The average molecular weight is 132 g/mol. The maximum absolute atomic E-state index is 10.4. The number of aliphatic hydroxyl groups excluding tert-OH is 1. The van der Waals surface area contributed by atoms with Crippen molar-refractivity contribution in [3.8, 4) is 0 Å². The van der Waals surface area contributed by atoms with Crippen LogP contribution in [0.3, 0.4) is 0 Å². The first-order valence-corrected chi connectivity index (χ1v) is 3.34. The molecule has 0 aromatic heterocycles. The molecular weight excluding hydrogens is 124 g/mol. The number of aliphatic hydroxyl groups is 1. The Morgan fingerprint density at radius 1 is 1.75 bits per heavy atom. The first-order valence-electron chi connectivity index (χ1n) is 2.11. The summed E-state index contributed by atoms with van der Waals surface area (Å²) in [6.07, 6.45) is 2.57. The molecule has 0 atom stereocenters. The van der Waals surface area contributed by atoms with E-state index in [1.54, 1.807) is 6.26 Å². The molecule has 0 heterocycles. The fraction of sp³-hybridized carbons (Fsp3) is 0.400. The number of ketones is 1. The molecular formula is C5H8O2S. The highest BCUT2D eigenvalue weighted by atomic mass is 32.2. The van der Waals surface area contributed by atoms with Crippen molar-refractivity contribution in [3.05, 3.63) is 11.2 Å². The minimum Gasteiger partial charge on any atom is -0.514 e. The lowest BCUT2D eigenvalue weighted by molar-refractivity contribution is -0.113. The summed E-state index contributed by atoms with van der Waals surface area (Å²) in [6, 6.07) is 0. The van der Waals surface area contributed by atoms with Crippen LogP contribution < -0.4 is 0 Å². The second kappa shape index (κ2) is 3.55. The fourth-order valence-electron chi connectivity index (χ4n) is 0.287. The lowest BCUT2D eigenvalue weighted by Gasteiger charge is -1.91. The molecule has 0 aliphatic rings. The Labute approximate surface area is 52.6 Å². The zero-order chi connectivity index (χ0) is 6.57. The van der Waals surface area contributed by atoms with Crippen molar-refractivity contribution in [3.63, 3.8) is 0 Å². The summed E-state index contributed by atoms with van der Waals surface area (Å²) in [6.45, 7) is 1.42. The quantitative estimate of drug-likeness (QED) is 0.455. The number of rotatable bonds is 2. The summed E-state index contributed by atoms with van der Waals surface area (Å²) in [7, 11) is 0. The lowest BCUT2D eigenvalue weighted by Crippen LogP contribution is -1.89. The Kier molecular flexibility index (Phi) is 3.35. The molecule has 0 bridgehead atoms. The Hall–Kier alpha value is -0.440. The molecule has 0 spiro atoms. The van der Waals surface area contributed by atoms with Crippen molar-refractivity contribution in [1.29, 1.82) is 0 Å². The van der Waals surface area contributed by atoms with Gasteiger partial charge in [0.05, 0.1) is 11.2 Å². The Morgan fingerprint density at radius 3 is 2.25 bits per heavy atom. The number of Topliss-reactive ketones (excluding diaryl/α,β-unsaturated/α-hetero) is 1. The first kappa shape index (κ1) is 7.56. The van der Waals surface area contributed by atoms with E-state index in [-0.39, 0.29) is 5.78 Å². The maximum atomic E-state index is 10.4. The number of hydrogen-bond acceptors (Lipinski definition) is 3. The van der Waals surface area contributed by atoms with Crippen molar-refractivity contribution >= 4 is 17.5 Å². The summed E-state index contributed by atoms with van der Waals surface area (Å²) >= 11 is 1.24. The topological polar surface area (TPSA) is 37.3 Å². The summed E-state index contributed by atoms with van der Waals surface area (Å²) in [5.41, 5.74) is 0. The predicted molar refractivity (Wildman–Crippen MR) is 34.9 cm³/mol. The van der Waals surface area contributed by atoms with Crippen LogP contribution in [0.4, 0.5) is 0 Å². The number of hydrogen-bond donors (Lipinski definition) is 1. The van der Waals surface area contributed by atoms with E-state index in [2.05, 4.69) is 0 Å². The zero-order valence-corrected chi connectivity index (χ0v) is 5.66. The Balaban J connectivity index is 3.92. The van der Waals surface area contributed by atoms with Crippen molar-refractivity contribution in [2.24, 2.45) is 0 Å². The van der Waals surface area contributed by atoms with Gasteiger partial charge >= 0.3 is 0 Å². The van der Waals surface area contributed by atoms with E-state index in [4.69, 9.17) is 5.11 Å². The molecule has 0 aromatic carbocycles. The van der Waals surface area contributed by atoms with Gasteiger partial charge in [-0.25, -0.2) is 0 Å².